The van der Waals surface area contributed by atoms with E-state index in [4.69, 9.17) is 0 Å². The first kappa shape index (κ1) is 45.9. The molecule has 4 aromatic rings. The number of aryl methyl sites for hydroxylation is 1. The second-order valence-corrected chi connectivity index (χ2v) is 17.1. The van der Waals surface area contributed by atoms with Crippen LogP contribution in [0.1, 0.15) is 70.0 Å². The molecular weight excluding hydrogens is 775 g/mol. The van der Waals surface area contributed by atoms with Crippen LogP contribution in [0.5, 0.6) is 0 Å². The lowest BCUT2D eigenvalue weighted by Crippen LogP contribution is -2.58. The Labute approximate surface area is 358 Å². The Balaban J connectivity index is 1.44. The molecule has 2 aromatic carbocycles. The van der Waals surface area contributed by atoms with Gasteiger partial charge in [-0.1, -0.05) is 108 Å². The molecule has 61 heavy (non-hydrogen) atoms. The molecule has 14 heteroatoms. The van der Waals surface area contributed by atoms with Gasteiger partial charge in [-0.3, -0.25) is 34.2 Å². The Hall–Kier alpha value is -6.15. The standard InChI is InChI=1S/C47H59N7O7/c1-8-30(2)41(54-29-40(56)53(45(54)59)28-35-18-14-15-31(3)49-35)43(57)50-36(25-32-16-10-9-11-17-32)27-39(55)38(51-44(58)42(47(4,5)6)52(7)46(60)61)26-33-20-22-34(23-21-33)37-19-12-13-24-48-37/h9-24,30,36,38-39,41-42,55H,8,25-29H2,1-7H3,(H,50,57)(H,51,58)(H,60,61)/t30?,36-,38-,39+,41-,42+/m0/s1. The van der Waals surface area contributed by atoms with E-state index < -0.39 is 65.5 Å². The van der Waals surface area contributed by atoms with Crippen LogP contribution in [-0.2, 0) is 33.8 Å². The van der Waals surface area contributed by atoms with E-state index in [9.17, 15) is 34.2 Å². The number of hydrogen-bond donors (Lipinski definition) is 4. The Morgan fingerprint density at radius 2 is 1.54 bits per heavy atom. The topological polar surface area (TPSA) is 185 Å². The maximum absolute atomic E-state index is 14.5. The maximum atomic E-state index is 14.5. The fourth-order valence-electron chi connectivity index (χ4n) is 7.95. The van der Waals surface area contributed by atoms with Crippen LogP contribution >= 0.6 is 0 Å². The molecule has 0 bridgehead atoms. The average molecular weight is 834 g/mol. The molecule has 14 nitrogen and oxygen atoms in total. The van der Waals surface area contributed by atoms with Crippen molar-refractivity contribution >= 4 is 29.8 Å². The SMILES string of the molecule is CCC(C)[C@@H](C(=O)N[C@@H](Cc1ccccc1)C[C@@H](O)[C@H](Cc1ccc(-c2ccccn2)cc1)NC(=O)[C@@H](N(C)C(=O)O)C(C)(C)C)N1CC(=O)N(Cc2cccc(C)n2)C1=O. The third-order valence-corrected chi connectivity index (χ3v) is 11.3. The number of pyridine rings is 2. The summed E-state index contributed by atoms with van der Waals surface area (Å²) in [6.07, 6.45) is 0.209. The molecule has 3 heterocycles. The van der Waals surface area contributed by atoms with E-state index in [1.807, 2.05) is 106 Å². The molecule has 1 saturated heterocycles. The smallest absolute Gasteiger partial charge is 0.407 e. The van der Waals surface area contributed by atoms with Crippen LogP contribution in [0.4, 0.5) is 9.59 Å². The van der Waals surface area contributed by atoms with Gasteiger partial charge in [0.1, 0.15) is 18.6 Å². The molecule has 0 saturated carbocycles. The van der Waals surface area contributed by atoms with Gasteiger partial charge in [-0.2, -0.15) is 0 Å². The summed E-state index contributed by atoms with van der Waals surface area (Å²) in [5, 5.41) is 28.2. The third kappa shape index (κ3) is 12.0. The molecule has 324 valence electrons. The molecule has 2 aromatic heterocycles. The minimum atomic E-state index is -1.27. The molecule has 5 rings (SSSR count). The second-order valence-electron chi connectivity index (χ2n) is 17.1. The van der Waals surface area contributed by atoms with Gasteiger partial charge >= 0.3 is 12.1 Å². The van der Waals surface area contributed by atoms with E-state index in [1.54, 1.807) is 33.0 Å². The summed E-state index contributed by atoms with van der Waals surface area (Å²) < 4.78 is 0. The number of nitrogens with one attached hydrogen (secondary N) is 2. The Morgan fingerprint density at radius 3 is 2.15 bits per heavy atom. The summed E-state index contributed by atoms with van der Waals surface area (Å²) in [6, 6.07) is 23.8. The van der Waals surface area contributed by atoms with Crippen molar-refractivity contribution in [1.82, 2.24) is 35.3 Å². The van der Waals surface area contributed by atoms with E-state index in [0.717, 1.165) is 37.9 Å². The van der Waals surface area contributed by atoms with Crippen molar-refractivity contribution in [2.24, 2.45) is 11.3 Å². The van der Waals surface area contributed by atoms with Gasteiger partial charge in [0, 0.05) is 30.5 Å². The summed E-state index contributed by atoms with van der Waals surface area (Å²) in [6.45, 7) is 10.6. The molecule has 4 N–H and O–H groups in total. The third-order valence-electron chi connectivity index (χ3n) is 11.3. The Morgan fingerprint density at radius 1 is 0.869 bits per heavy atom. The lowest BCUT2D eigenvalue weighted by molar-refractivity contribution is -0.131. The van der Waals surface area contributed by atoms with Gasteiger partial charge in [0.15, 0.2) is 0 Å². The Kier molecular flexibility index (Phi) is 15.4. The van der Waals surface area contributed by atoms with Crippen LogP contribution in [0.2, 0.25) is 0 Å². The van der Waals surface area contributed by atoms with Crippen molar-refractivity contribution in [2.75, 3.05) is 13.6 Å². The van der Waals surface area contributed by atoms with Crippen LogP contribution in [0.3, 0.4) is 0 Å². The van der Waals surface area contributed by atoms with Crippen molar-refractivity contribution in [1.29, 1.82) is 0 Å². The molecule has 1 unspecified atom stereocenters. The average Bonchev–Trinajstić information content (AvgIpc) is 3.48. The molecule has 0 radical (unpaired) electrons. The molecule has 1 aliphatic rings. The van der Waals surface area contributed by atoms with Crippen LogP contribution in [0, 0.1) is 18.3 Å². The Bertz CT molecular complexity index is 2130. The van der Waals surface area contributed by atoms with Crippen molar-refractivity contribution in [3.05, 3.63) is 120 Å². The highest BCUT2D eigenvalue weighted by Gasteiger charge is 2.45. The summed E-state index contributed by atoms with van der Waals surface area (Å²) in [5.41, 5.74) is 3.85. The quantitative estimate of drug-likeness (QED) is 0.0892. The zero-order chi connectivity index (χ0) is 44.4. The molecule has 6 amide bonds. The number of aliphatic hydroxyl groups is 1. The van der Waals surface area contributed by atoms with Gasteiger partial charge in [-0.15, -0.1) is 0 Å². The zero-order valence-corrected chi connectivity index (χ0v) is 36.1. The highest BCUT2D eigenvalue weighted by Crippen LogP contribution is 2.27. The van der Waals surface area contributed by atoms with Gasteiger partial charge in [0.05, 0.1) is 30.1 Å². The molecule has 1 fully saturated rings. The minimum Gasteiger partial charge on any atom is -0.465 e. The molecular formula is C47H59N7O7. The predicted octanol–water partition coefficient (Wildman–Crippen LogP) is 5.86. The number of likely N-dealkylation sites (N-methyl/N-ethyl adjacent to an activating group) is 1. The lowest BCUT2D eigenvalue weighted by atomic mass is 9.84. The number of aromatic nitrogens is 2. The van der Waals surface area contributed by atoms with E-state index >= 15 is 0 Å². The van der Waals surface area contributed by atoms with Gasteiger partial charge in [-0.05, 0) is 72.9 Å². The highest BCUT2D eigenvalue weighted by atomic mass is 16.4. The van der Waals surface area contributed by atoms with Gasteiger partial charge in [0.2, 0.25) is 11.8 Å². The van der Waals surface area contributed by atoms with Crippen molar-refractivity contribution in [2.45, 2.75) is 104 Å². The van der Waals surface area contributed by atoms with E-state index in [2.05, 4.69) is 20.6 Å². The van der Waals surface area contributed by atoms with E-state index in [1.165, 1.54) is 11.9 Å². The number of rotatable bonds is 18. The maximum Gasteiger partial charge on any atom is 0.407 e. The fraction of sp³-hybridized carbons (Fsp3) is 0.426. The van der Waals surface area contributed by atoms with Crippen molar-refractivity contribution in [3.8, 4) is 11.3 Å². The first-order valence-corrected chi connectivity index (χ1v) is 20.8. The molecule has 0 aliphatic carbocycles. The number of carbonyl (C=O) groups is 5. The number of carbonyl (C=O) groups excluding carboxylic acids is 4. The minimum absolute atomic E-state index is 0.0161. The van der Waals surface area contributed by atoms with Crippen LogP contribution in [0.15, 0.2) is 97.2 Å². The molecule has 0 spiro atoms. The number of imide groups is 1. The largest absolute Gasteiger partial charge is 0.465 e. The predicted molar refractivity (Wildman–Crippen MR) is 232 cm³/mol. The van der Waals surface area contributed by atoms with Crippen molar-refractivity contribution in [3.63, 3.8) is 0 Å². The van der Waals surface area contributed by atoms with Gasteiger partial charge in [-0.25, -0.2) is 9.59 Å². The fourth-order valence-corrected chi connectivity index (χ4v) is 7.95. The van der Waals surface area contributed by atoms with E-state index in [0.29, 0.717) is 18.5 Å². The second kappa shape index (κ2) is 20.4. The lowest BCUT2D eigenvalue weighted by Gasteiger charge is -2.37. The monoisotopic (exact) mass is 833 g/mol. The van der Waals surface area contributed by atoms with E-state index in [-0.39, 0.29) is 31.8 Å². The number of nitrogens with zero attached hydrogens (tertiary/aromatic N) is 5. The zero-order valence-electron chi connectivity index (χ0n) is 36.1. The van der Waals surface area contributed by atoms with Gasteiger partial charge in [0.25, 0.3) is 5.91 Å². The summed E-state index contributed by atoms with van der Waals surface area (Å²) in [5.74, 6) is -1.81. The normalized spacial score (nSPS) is 16.0. The first-order chi connectivity index (χ1) is 29.0. The van der Waals surface area contributed by atoms with Crippen LogP contribution in [-0.4, -0.2) is 109 Å². The number of aliphatic hydroxyl groups excluding tert-OH is 1. The van der Waals surface area contributed by atoms with Crippen LogP contribution in [0.25, 0.3) is 11.3 Å². The summed E-state index contributed by atoms with van der Waals surface area (Å²) >= 11 is 0. The number of amides is 6. The number of benzene rings is 2. The summed E-state index contributed by atoms with van der Waals surface area (Å²) in [4.78, 5) is 80.3. The number of urea groups is 1. The number of hydrogen-bond acceptors (Lipinski definition) is 8. The highest BCUT2D eigenvalue weighted by molar-refractivity contribution is 6.04. The van der Waals surface area contributed by atoms with Crippen LogP contribution < -0.4 is 10.6 Å². The molecule has 1 aliphatic heterocycles. The number of carboxylic acid groups (broad SMARTS) is 1. The van der Waals surface area contributed by atoms with Crippen molar-refractivity contribution < 1.29 is 34.2 Å². The molecule has 6 atom stereocenters. The first-order valence-electron chi connectivity index (χ1n) is 20.8. The van der Waals surface area contributed by atoms with Gasteiger partial charge < -0.3 is 25.7 Å². The summed E-state index contributed by atoms with van der Waals surface area (Å²) in [7, 11) is 1.34.